The van der Waals surface area contributed by atoms with Crippen LogP contribution in [0.1, 0.15) is 35.8 Å². The molecule has 2 aliphatic heterocycles. The number of methoxy groups -OCH3 is 1. The molecule has 162 valence electrons. The van der Waals surface area contributed by atoms with Crippen LogP contribution in [0.5, 0.6) is 6.01 Å². The maximum absolute atomic E-state index is 15.8. The average molecular weight is 431 g/mol. The van der Waals surface area contributed by atoms with Crippen molar-refractivity contribution in [1.29, 1.82) is 0 Å². The van der Waals surface area contributed by atoms with Gasteiger partial charge in [-0.3, -0.25) is 4.79 Å². The molecule has 32 heavy (non-hydrogen) atoms. The summed E-state index contributed by atoms with van der Waals surface area (Å²) in [5, 5.41) is 3.98. The highest BCUT2D eigenvalue weighted by Gasteiger charge is 2.34. The molecule has 2 atom stereocenters. The molecule has 0 radical (unpaired) electrons. The van der Waals surface area contributed by atoms with E-state index in [0.717, 1.165) is 25.9 Å². The van der Waals surface area contributed by atoms with Crippen molar-refractivity contribution in [2.45, 2.75) is 31.8 Å². The Hall–Kier alpha value is -3.57. The van der Waals surface area contributed by atoms with Crippen molar-refractivity contribution in [2.75, 3.05) is 25.1 Å². The smallest absolute Gasteiger partial charge is 0.318 e. The largest absolute Gasteiger partial charge is 0.467 e. The van der Waals surface area contributed by atoms with Gasteiger partial charge in [-0.1, -0.05) is 18.2 Å². The summed E-state index contributed by atoms with van der Waals surface area (Å²) in [6.07, 6.45) is 8.00. The number of aromatic nitrogens is 3. The molecule has 0 spiro atoms. The van der Waals surface area contributed by atoms with Gasteiger partial charge in [0.2, 0.25) is 0 Å². The number of terminal acetylenes is 1. The van der Waals surface area contributed by atoms with Gasteiger partial charge in [-0.15, -0.1) is 6.42 Å². The first-order valence-electron chi connectivity index (χ1n) is 10.5. The summed E-state index contributed by atoms with van der Waals surface area (Å²) in [6, 6.07) is 7.43. The quantitative estimate of drug-likeness (QED) is 0.503. The van der Waals surface area contributed by atoms with Crippen molar-refractivity contribution in [3.8, 4) is 29.6 Å². The van der Waals surface area contributed by atoms with Crippen molar-refractivity contribution < 1.29 is 13.9 Å². The van der Waals surface area contributed by atoms with Crippen molar-refractivity contribution in [3.63, 3.8) is 0 Å². The van der Waals surface area contributed by atoms with Crippen molar-refractivity contribution >= 4 is 22.5 Å². The highest BCUT2D eigenvalue weighted by atomic mass is 19.1. The number of carbonyl (C=O) groups is 1. The summed E-state index contributed by atoms with van der Waals surface area (Å²) in [7, 11) is 1.45. The number of piperazine rings is 1. The van der Waals surface area contributed by atoms with Crippen molar-refractivity contribution in [3.05, 3.63) is 41.3 Å². The van der Waals surface area contributed by atoms with Gasteiger partial charge in [0.25, 0.3) is 0 Å². The van der Waals surface area contributed by atoms with Gasteiger partial charge in [-0.25, -0.2) is 9.37 Å². The molecular weight excluding hydrogens is 409 g/mol. The number of nitrogens with zero attached hydrogens (tertiary/aromatic N) is 4. The van der Waals surface area contributed by atoms with Crippen LogP contribution in [-0.4, -0.2) is 53.0 Å². The SMILES string of the molecule is C#Cc1nc(-c2cccc(C(C)=O)c2)c(F)c2nc(OC)nc(N3CC4CCC(C3)N4)c12. The number of ketones is 1. The monoisotopic (exact) mass is 431 g/mol. The van der Waals surface area contributed by atoms with Crippen LogP contribution in [0, 0.1) is 18.2 Å². The number of Topliss-reactive ketones (excluding diaryl/α,β-unsaturated/α-hetero) is 1. The molecule has 4 heterocycles. The van der Waals surface area contributed by atoms with Gasteiger partial charge in [-0.2, -0.15) is 9.97 Å². The van der Waals surface area contributed by atoms with Crippen molar-refractivity contribution in [2.24, 2.45) is 0 Å². The van der Waals surface area contributed by atoms with Crippen LogP contribution in [0.25, 0.3) is 22.2 Å². The zero-order chi connectivity index (χ0) is 22.4. The fourth-order valence-electron chi connectivity index (χ4n) is 4.61. The number of rotatable bonds is 4. The summed E-state index contributed by atoms with van der Waals surface area (Å²) in [4.78, 5) is 27.2. The lowest BCUT2D eigenvalue weighted by Gasteiger charge is -2.34. The maximum Gasteiger partial charge on any atom is 0.318 e. The van der Waals surface area contributed by atoms with Crippen LogP contribution >= 0.6 is 0 Å². The molecular formula is C24H22FN5O2. The second kappa shape index (κ2) is 7.84. The van der Waals surface area contributed by atoms with E-state index in [2.05, 4.69) is 31.1 Å². The maximum atomic E-state index is 15.8. The summed E-state index contributed by atoms with van der Waals surface area (Å²) < 4.78 is 21.1. The fraction of sp³-hybridized carbons (Fsp3) is 0.333. The number of hydrogen-bond acceptors (Lipinski definition) is 7. The zero-order valence-corrected chi connectivity index (χ0v) is 17.9. The first-order valence-corrected chi connectivity index (χ1v) is 10.5. The van der Waals surface area contributed by atoms with Gasteiger partial charge < -0.3 is 15.0 Å². The highest BCUT2D eigenvalue weighted by Crippen LogP contribution is 2.36. The second-order valence-electron chi connectivity index (χ2n) is 8.20. The Morgan fingerprint density at radius 2 is 2.00 bits per heavy atom. The molecule has 7 nitrogen and oxygen atoms in total. The summed E-state index contributed by atoms with van der Waals surface area (Å²) >= 11 is 0. The molecule has 2 bridgehead atoms. The van der Waals surface area contributed by atoms with Gasteiger partial charge in [0.15, 0.2) is 11.6 Å². The van der Waals surface area contributed by atoms with Gasteiger partial charge >= 0.3 is 6.01 Å². The fourth-order valence-corrected chi connectivity index (χ4v) is 4.61. The number of pyridine rings is 1. The Labute approximate surface area is 185 Å². The number of benzene rings is 1. The van der Waals surface area contributed by atoms with Crippen LogP contribution in [0.3, 0.4) is 0 Å². The first kappa shape index (κ1) is 20.3. The number of halogens is 1. The number of anilines is 1. The lowest BCUT2D eigenvalue weighted by molar-refractivity contribution is 0.101. The van der Waals surface area contributed by atoms with Crippen LogP contribution < -0.4 is 15.0 Å². The minimum atomic E-state index is -0.625. The van der Waals surface area contributed by atoms with Crippen LogP contribution in [0.15, 0.2) is 24.3 Å². The van der Waals surface area contributed by atoms with E-state index in [1.54, 1.807) is 24.3 Å². The highest BCUT2D eigenvalue weighted by molar-refractivity contribution is 5.98. The first-order chi connectivity index (χ1) is 15.5. The molecule has 0 amide bonds. The molecule has 5 rings (SSSR count). The van der Waals surface area contributed by atoms with E-state index in [-0.39, 0.29) is 28.7 Å². The molecule has 1 N–H and O–H groups in total. The third-order valence-corrected chi connectivity index (χ3v) is 6.12. The topological polar surface area (TPSA) is 80.2 Å². The number of carbonyl (C=O) groups excluding carboxylic acids is 1. The number of hydrogen-bond donors (Lipinski definition) is 1. The Balaban J connectivity index is 1.74. The minimum absolute atomic E-state index is 0.0423. The average Bonchev–Trinajstić information content (AvgIpc) is 3.16. The van der Waals surface area contributed by atoms with E-state index in [1.807, 2.05) is 0 Å². The molecule has 8 heteroatoms. The van der Waals surface area contributed by atoms with E-state index in [9.17, 15) is 4.79 Å². The molecule has 2 aliphatic rings. The Kier molecular flexibility index (Phi) is 4.98. The molecule has 0 aliphatic carbocycles. The van der Waals surface area contributed by atoms with E-state index >= 15 is 4.39 Å². The van der Waals surface area contributed by atoms with E-state index in [0.29, 0.717) is 34.4 Å². The standard InChI is InChI=1S/C24H22FN5O2/c1-4-18-19-22(20(25)21(27-18)15-7-5-6-14(10-15)13(2)31)28-24(32-3)29-23(19)30-11-16-8-9-17(12-30)26-16/h1,5-7,10,16-17,26H,8-9,11-12H2,2-3H3. The van der Waals surface area contributed by atoms with E-state index in [4.69, 9.17) is 11.2 Å². The minimum Gasteiger partial charge on any atom is -0.467 e. The van der Waals surface area contributed by atoms with Gasteiger partial charge in [0.05, 0.1) is 12.5 Å². The predicted molar refractivity (Wildman–Crippen MR) is 119 cm³/mol. The van der Waals surface area contributed by atoms with E-state index < -0.39 is 5.82 Å². The normalized spacial score (nSPS) is 19.8. The molecule has 2 aromatic heterocycles. The predicted octanol–water partition coefficient (Wildman–Crippen LogP) is 2.96. The summed E-state index contributed by atoms with van der Waals surface area (Å²) in [5.41, 5.74) is 1.27. The van der Waals surface area contributed by atoms with Crippen molar-refractivity contribution in [1.82, 2.24) is 20.3 Å². The zero-order valence-electron chi connectivity index (χ0n) is 17.9. The van der Waals surface area contributed by atoms with Gasteiger partial charge in [0, 0.05) is 36.3 Å². The van der Waals surface area contributed by atoms with Crippen LogP contribution in [-0.2, 0) is 0 Å². The Morgan fingerprint density at radius 3 is 2.66 bits per heavy atom. The van der Waals surface area contributed by atoms with Gasteiger partial charge in [0.1, 0.15) is 22.7 Å². The molecule has 2 unspecified atom stereocenters. The van der Waals surface area contributed by atoms with E-state index in [1.165, 1.54) is 14.0 Å². The number of fused-ring (bicyclic) bond motifs is 3. The van der Waals surface area contributed by atoms with Gasteiger partial charge in [-0.05, 0) is 31.8 Å². The molecule has 2 fully saturated rings. The lowest BCUT2D eigenvalue weighted by Crippen LogP contribution is -2.51. The Bertz CT molecular complexity index is 1270. The summed E-state index contributed by atoms with van der Waals surface area (Å²) in [5.74, 6) is 2.38. The molecule has 1 aromatic carbocycles. The third kappa shape index (κ3) is 3.35. The van der Waals surface area contributed by atoms with Crippen LogP contribution in [0.2, 0.25) is 0 Å². The molecule has 2 saturated heterocycles. The molecule has 0 saturated carbocycles. The molecule has 3 aromatic rings. The Morgan fingerprint density at radius 1 is 1.25 bits per heavy atom. The number of nitrogens with one attached hydrogen (secondary N) is 1. The second-order valence-corrected chi connectivity index (χ2v) is 8.20. The van der Waals surface area contributed by atoms with Crippen LogP contribution in [0.4, 0.5) is 10.2 Å². The third-order valence-electron chi connectivity index (χ3n) is 6.12. The number of ether oxygens (including phenoxy) is 1. The lowest BCUT2D eigenvalue weighted by atomic mass is 10.0. The summed E-state index contributed by atoms with van der Waals surface area (Å²) in [6.45, 7) is 2.93.